The lowest BCUT2D eigenvalue weighted by Gasteiger charge is -2.05. The van der Waals surface area contributed by atoms with Gasteiger partial charge in [0.05, 0.1) is 0 Å². The molecule has 0 aliphatic heterocycles. The quantitative estimate of drug-likeness (QED) is 0.516. The van der Waals surface area contributed by atoms with Crippen molar-refractivity contribution < 1.29 is 9.59 Å². The second kappa shape index (κ2) is 6.99. The molecular formula is C18H21N5O3. The molecule has 3 aromatic heterocycles. The second-order valence-electron chi connectivity index (χ2n) is 6.23. The van der Waals surface area contributed by atoms with E-state index in [1.54, 1.807) is 32.2 Å². The summed E-state index contributed by atoms with van der Waals surface area (Å²) in [6.07, 6.45) is 2.24. The fraction of sp³-hybridized carbons (Fsp3) is 0.333. The van der Waals surface area contributed by atoms with Crippen LogP contribution in [0.1, 0.15) is 45.4 Å². The fourth-order valence-electron chi connectivity index (χ4n) is 3.14. The molecule has 0 aliphatic rings. The summed E-state index contributed by atoms with van der Waals surface area (Å²) in [5.74, 6) is -0.332. The van der Waals surface area contributed by atoms with Crippen LogP contribution in [0.25, 0.3) is 5.65 Å². The molecule has 136 valence electrons. The Morgan fingerprint density at radius 2 is 2.04 bits per heavy atom. The molecule has 3 heterocycles. The molecule has 0 bridgehead atoms. The van der Waals surface area contributed by atoms with Gasteiger partial charge in [-0.25, -0.2) is 9.48 Å². The van der Waals surface area contributed by atoms with Gasteiger partial charge in [0.25, 0.3) is 5.91 Å². The monoisotopic (exact) mass is 355 g/mol. The molecule has 2 N–H and O–H groups in total. The third-order valence-corrected chi connectivity index (χ3v) is 4.34. The van der Waals surface area contributed by atoms with Crippen molar-refractivity contribution in [3.8, 4) is 0 Å². The Hall–Kier alpha value is -3.16. The van der Waals surface area contributed by atoms with Gasteiger partial charge in [-0.05, 0) is 44.9 Å². The first kappa shape index (κ1) is 17.7. The number of fused-ring (bicyclic) bond motifs is 1. The van der Waals surface area contributed by atoms with Crippen molar-refractivity contribution >= 4 is 17.3 Å². The number of hydrogen-bond acceptors (Lipinski definition) is 4. The molecule has 0 aromatic carbocycles. The van der Waals surface area contributed by atoms with Crippen molar-refractivity contribution in [3.05, 3.63) is 57.4 Å². The van der Waals surface area contributed by atoms with Gasteiger partial charge < -0.3 is 10.3 Å². The lowest BCUT2D eigenvalue weighted by atomic mass is 10.1. The van der Waals surface area contributed by atoms with E-state index in [9.17, 15) is 14.4 Å². The number of aromatic nitrogens is 4. The highest BCUT2D eigenvalue weighted by molar-refractivity contribution is 6.02. The van der Waals surface area contributed by atoms with Crippen LogP contribution in [0, 0.1) is 13.8 Å². The number of ketones is 1. The smallest absolute Gasteiger partial charge is 0.350 e. The molecule has 0 fully saturated rings. The summed E-state index contributed by atoms with van der Waals surface area (Å²) < 4.78 is 2.87. The molecule has 0 radical (unpaired) electrons. The Bertz CT molecular complexity index is 1040. The Morgan fingerprint density at radius 1 is 1.27 bits per heavy atom. The number of H-pyrrole nitrogens is 1. The van der Waals surface area contributed by atoms with Crippen LogP contribution in [-0.4, -0.2) is 37.4 Å². The van der Waals surface area contributed by atoms with Gasteiger partial charge in [0.1, 0.15) is 5.69 Å². The molecule has 8 nitrogen and oxygen atoms in total. The minimum atomic E-state index is -0.263. The number of aryl methyl sites for hydroxylation is 2. The Labute approximate surface area is 149 Å². The number of nitrogens with zero attached hydrogens (tertiary/aromatic N) is 3. The zero-order valence-electron chi connectivity index (χ0n) is 15.0. The van der Waals surface area contributed by atoms with Crippen molar-refractivity contribution in [1.29, 1.82) is 0 Å². The maximum absolute atomic E-state index is 12.3. The van der Waals surface area contributed by atoms with E-state index in [0.717, 1.165) is 0 Å². The normalized spacial score (nSPS) is 11.0. The number of nitrogens with one attached hydrogen (secondary N) is 2. The topological polar surface area (TPSA) is 101 Å². The van der Waals surface area contributed by atoms with Gasteiger partial charge in [-0.3, -0.25) is 14.0 Å². The first-order valence-corrected chi connectivity index (χ1v) is 8.42. The SMILES string of the molecule is CC(=O)c1c(C)[nH]c(C(=O)NCCCn2nc3ccccn3c2=O)c1C. The summed E-state index contributed by atoms with van der Waals surface area (Å²) >= 11 is 0. The number of Topliss-reactive ketones (excluding diaryl/α,β-unsaturated/α-hetero) is 1. The van der Waals surface area contributed by atoms with Crippen LogP contribution >= 0.6 is 0 Å². The van der Waals surface area contributed by atoms with Gasteiger partial charge in [-0.1, -0.05) is 6.07 Å². The van der Waals surface area contributed by atoms with Gasteiger partial charge in [0, 0.05) is 30.5 Å². The highest BCUT2D eigenvalue weighted by atomic mass is 16.2. The lowest BCUT2D eigenvalue weighted by Crippen LogP contribution is -2.28. The highest BCUT2D eigenvalue weighted by Crippen LogP contribution is 2.18. The molecule has 0 saturated heterocycles. The third kappa shape index (κ3) is 3.17. The van der Waals surface area contributed by atoms with Gasteiger partial charge in [0.2, 0.25) is 0 Å². The van der Waals surface area contributed by atoms with E-state index in [1.807, 2.05) is 6.07 Å². The number of hydrogen-bond donors (Lipinski definition) is 2. The van der Waals surface area contributed by atoms with Crippen LogP contribution in [0.15, 0.2) is 29.2 Å². The van der Waals surface area contributed by atoms with E-state index < -0.39 is 0 Å². The van der Waals surface area contributed by atoms with Crippen molar-refractivity contribution in [2.75, 3.05) is 6.54 Å². The first-order chi connectivity index (χ1) is 12.4. The number of rotatable bonds is 6. The summed E-state index contributed by atoms with van der Waals surface area (Å²) in [5, 5.41) is 7.06. The lowest BCUT2D eigenvalue weighted by molar-refractivity contribution is 0.0947. The number of pyridine rings is 1. The van der Waals surface area contributed by atoms with Crippen molar-refractivity contribution in [1.82, 2.24) is 24.5 Å². The zero-order chi connectivity index (χ0) is 18.8. The van der Waals surface area contributed by atoms with Crippen LogP contribution in [0.4, 0.5) is 0 Å². The second-order valence-corrected chi connectivity index (χ2v) is 6.23. The molecule has 0 atom stereocenters. The molecule has 8 heteroatoms. The Kier molecular flexibility index (Phi) is 4.75. The number of aromatic amines is 1. The average molecular weight is 355 g/mol. The molecular weight excluding hydrogens is 334 g/mol. The predicted molar refractivity (Wildman–Crippen MR) is 96.7 cm³/mol. The summed E-state index contributed by atoms with van der Waals surface area (Å²) in [5.41, 5.74) is 2.70. The number of carbonyl (C=O) groups excluding carboxylic acids is 2. The molecule has 0 aliphatic carbocycles. The van der Waals surface area contributed by atoms with E-state index in [-0.39, 0.29) is 17.4 Å². The Balaban J connectivity index is 1.61. The third-order valence-electron chi connectivity index (χ3n) is 4.34. The van der Waals surface area contributed by atoms with Crippen LogP contribution in [0.5, 0.6) is 0 Å². The highest BCUT2D eigenvalue weighted by Gasteiger charge is 2.19. The zero-order valence-corrected chi connectivity index (χ0v) is 15.0. The summed E-state index contributed by atoms with van der Waals surface area (Å²) in [6, 6.07) is 5.36. The number of carbonyl (C=O) groups is 2. The molecule has 3 rings (SSSR count). The van der Waals surface area contributed by atoms with Crippen molar-refractivity contribution in [3.63, 3.8) is 0 Å². The van der Waals surface area contributed by atoms with E-state index in [4.69, 9.17) is 0 Å². The average Bonchev–Trinajstić information content (AvgIpc) is 3.08. The molecule has 1 amide bonds. The summed E-state index contributed by atoms with van der Waals surface area (Å²) in [6.45, 7) is 5.81. The van der Waals surface area contributed by atoms with E-state index >= 15 is 0 Å². The Morgan fingerprint density at radius 3 is 2.69 bits per heavy atom. The predicted octanol–water partition coefficient (Wildman–Crippen LogP) is 1.46. The molecule has 0 unspecified atom stereocenters. The minimum Gasteiger partial charge on any atom is -0.354 e. The number of amides is 1. The first-order valence-electron chi connectivity index (χ1n) is 8.42. The van der Waals surface area contributed by atoms with Crippen molar-refractivity contribution in [2.24, 2.45) is 0 Å². The van der Waals surface area contributed by atoms with Gasteiger partial charge in [-0.15, -0.1) is 5.10 Å². The van der Waals surface area contributed by atoms with Crippen LogP contribution in [0.3, 0.4) is 0 Å². The van der Waals surface area contributed by atoms with Crippen molar-refractivity contribution in [2.45, 2.75) is 33.7 Å². The van der Waals surface area contributed by atoms with Gasteiger partial charge >= 0.3 is 5.69 Å². The molecule has 3 aromatic rings. The maximum Gasteiger partial charge on any atom is 0.350 e. The van der Waals surface area contributed by atoms with Crippen LogP contribution in [0.2, 0.25) is 0 Å². The summed E-state index contributed by atoms with van der Waals surface area (Å²) in [7, 11) is 0. The minimum absolute atomic E-state index is 0.0680. The van der Waals surface area contributed by atoms with Crippen LogP contribution < -0.4 is 11.0 Å². The van der Waals surface area contributed by atoms with E-state index in [1.165, 1.54) is 16.0 Å². The van der Waals surface area contributed by atoms with E-state index in [2.05, 4.69) is 15.4 Å². The van der Waals surface area contributed by atoms with E-state index in [0.29, 0.717) is 47.7 Å². The van der Waals surface area contributed by atoms with Gasteiger partial charge in [0.15, 0.2) is 11.4 Å². The molecule has 26 heavy (non-hydrogen) atoms. The summed E-state index contributed by atoms with van der Waals surface area (Å²) in [4.78, 5) is 39.1. The standard InChI is InChI=1S/C18H21N5O3/c1-11-15(13(3)24)12(2)20-16(11)17(25)19-8-6-10-23-18(26)22-9-5-4-7-14(22)21-23/h4-5,7,9,20H,6,8,10H2,1-3H3,(H,19,25). The fourth-order valence-corrected chi connectivity index (χ4v) is 3.14. The largest absolute Gasteiger partial charge is 0.354 e. The molecule has 0 saturated carbocycles. The maximum atomic E-state index is 12.3. The molecule has 0 spiro atoms. The van der Waals surface area contributed by atoms with Crippen LogP contribution in [-0.2, 0) is 6.54 Å². The van der Waals surface area contributed by atoms with Gasteiger partial charge in [-0.2, -0.15) is 0 Å².